The maximum atomic E-state index is 4.79. The number of aromatic nitrogens is 1. The predicted molar refractivity (Wildman–Crippen MR) is 67.6 cm³/mol. The minimum atomic E-state index is 0.219. The van der Waals surface area contributed by atoms with E-state index in [1.165, 1.54) is 5.17 Å². The van der Waals surface area contributed by atoms with Crippen LogP contribution in [0.3, 0.4) is 0 Å². The molecule has 3 atom stereocenters. The highest BCUT2D eigenvalue weighted by molar-refractivity contribution is 8.14. The molecule has 16 heavy (non-hydrogen) atoms. The fraction of sp³-hybridized carbons (Fsp3) is 0.500. The van der Waals surface area contributed by atoms with Gasteiger partial charge in [-0.05, 0) is 19.1 Å². The number of nitrogens with zero attached hydrogens (tertiary/aromatic N) is 3. The van der Waals surface area contributed by atoms with Crippen molar-refractivity contribution in [2.45, 2.75) is 31.2 Å². The number of thioether (sulfide) groups is 1. The normalized spacial score (nSPS) is 32.8. The average Bonchev–Trinajstić information content (AvgIpc) is 2.79. The third kappa shape index (κ3) is 1.52. The van der Waals surface area contributed by atoms with Crippen molar-refractivity contribution in [2.24, 2.45) is 4.99 Å². The van der Waals surface area contributed by atoms with E-state index in [1.807, 2.05) is 30.1 Å². The Labute approximate surface area is 100.0 Å². The van der Waals surface area contributed by atoms with Crippen molar-refractivity contribution in [1.82, 2.24) is 9.88 Å². The van der Waals surface area contributed by atoms with Gasteiger partial charge < -0.3 is 4.90 Å². The van der Waals surface area contributed by atoms with Crippen molar-refractivity contribution in [3.63, 3.8) is 0 Å². The number of pyridine rings is 1. The largest absolute Gasteiger partial charge is 0.345 e. The van der Waals surface area contributed by atoms with Crippen LogP contribution in [0.1, 0.15) is 25.6 Å². The Kier molecular flexibility index (Phi) is 2.39. The van der Waals surface area contributed by atoms with Crippen LogP contribution in [0.15, 0.2) is 29.4 Å². The fourth-order valence-electron chi connectivity index (χ4n) is 2.35. The minimum absolute atomic E-state index is 0.219. The fourth-order valence-corrected chi connectivity index (χ4v) is 3.49. The number of fused-ring (bicyclic) bond motifs is 1. The summed E-state index contributed by atoms with van der Waals surface area (Å²) >= 11 is 1.89. The van der Waals surface area contributed by atoms with E-state index >= 15 is 0 Å². The van der Waals surface area contributed by atoms with Crippen molar-refractivity contribution >= 4 is 16.9 Å². The van der Waals surface area contributed by atoms with Gasteiger partial charge in [-0.1, -0.05) is 24.8 Å². The molecular formula is C12H15N3S. The first kappa shape index (κ1) is 10.1. The smallest absolute Gasteiger partial charge is 0.160 e. The second kappa shape index (κ2) is 3.77. The molecule has 84 valence electrons. The van der Waals surface area contributed by atoms with E-state index in [0.29, 0.717) is 11.3 Å². The van der Waals surface area contributed by atoms with Crippen LogP contribution in [-0.4, -0.2) is 32.9 Å². The molecule has 0 N–H and O–H groups in total. The summed E-state index contributed by atoms with van der Waals surface area (Å²) in [4.78, 5) is 11.6. The van der Waals surface area contributed by atoms with Crippen molar-refractivity contribution in [1.29, 1.82) is 0 Å². The summed E-state index contributed by atoms with van der Waals surface area (Å²) in [6, 6.07) is 6.72. The van der Waals surface area contributed by atoms with Gasteiger partial charge in [0, 0.05) is 18.0 Å². The topological polar surface area (TPSA) is 28.5 Å². The van der Waals surface area contributed by atoms with Gasteiger partial charge in [0.05, 0.1) is 11.7 Å². The number of rotatable bonds is 1. The van der Waals surface area contributed by atoms with Gasteiger partial charge in [0.25, 0.3) is 0 Å². The molecule has 2 aliphatic heterocycles. The second-order valence-corrected chi connectivity index (χ2v) is 5.84. The monoisotopic (exact) mass is 233 g/mol. The minimum Gasteiger partial charge on any atom is -0.345 e. The molecule has 0 spiro atoms. The van der Waals surface area contributed by atoms with Crippen molar-refractivity contribution in [3.05, 3.63) is 30.1 Å². The Balaban J connectivity index is 1.90. The molecule has 0 radical (unpaired) electrons. The van der Waals surface area contributed by atoms with Crippen LogP contribution >= 0.6 is 11.8 Å². The van der Waals surface area contributed by atoms with Gasteiger partial charge in [0.1, 0.15) is 6.04 Å². The van der Waals surface area contributed by atoms with E-state index < -0.39 is 0 Å². The Morgan fingerprint density at radius 3 is 2.94 bits per heavy atom. The molecule has 4 heteroatoms. The zero-order valence-corrected chi connectivity index (χ0v) is 10.3. The van der Waals surface area contributed by atoms with Gasteiger partial charge in [-0.2, -0.15) is 0 Å². The summed E-state index contributed by atoms with van der Waals surface area (Å²) in [5.41, 5.74) is 1.09. The van der Waals surface area contributed by atoms with Crippen LogP contribution in [0.5, 0.6) is 0 Å². The molecule has 2 aliphatic rings. The van der Waals surface area contributed by atoms with Crippen LogP contribution in [0, 0.1) is 0 Å². The van der Waals surface area contributed by atoms with Crippen LogP contribution in [0.4, 0.5) is 0 Å². The van der Waals surface area contributed by atoms with Crippen LogP contribution < -0.4 is 0 Å². The number of hydrogen-bond donors (Lipinski definition) is 0. The lowest BCUT2D eigenvalue weighted by atomic mass is 10.1. The van der Waals surface area contributed by atoms with E-state index in [0.717, 1.165) is 12.2 Å². The standard InChI is InChI=1S/C12H15N3S/c1-8-7-15-9(2)11(14-12(15)16-8)10-5-3-4-6-13-10/h3-6,8-9,11H,7H2,1-2H3/t8-,9-,11-/m1/s1. The maximum absolute atomic E-state index is 4.79. The van der Waals surface area contributed by atoms with E-state index in [9.17, 15) is 0 Å². The van der Waals surface area contributed by atoms with Gasteiger partial charge in [0.2, 0.25) is 0 Å². The van der Waals surface area contributed by atoms with Crippen LogP contribution in [0.25, 0.3) is 0 Å². The van der Waals surface area contributed by atoms with Gasteiger partial charge in [0.15, 0.2) is 5.17 Å². The third-order valence-corrected chi connectivity index (χ3v) is 4.30. The van der Waals surface area contributed by atoms with Crippen LogP contribution in [-0.2, 0) is 0 Å². The first-order chi connectivity index (χ1) is 7.75. The first-order valence-corrected chi connectivity index (χ1v) is 6.55. The zero-order valence-electron chi connectivity index (χ0n) is 9.50. The molecule has 0 aliphatic carbocycles. The van der Waals surface area contributed by atoms with Crippen LogP contribution in [0.2, 0.25) is 0 Å². The lowest BCUT2D eigenvalue weighted by Gasteiger charge is -2.22. The Morgan fingerprint density at radius 2 is 2.25 bits per heavy atom. The summed E-state index contributed by atoms with van der Waals surface area (Å²) in [5.74, 6) is 0. The molecule has 1 saturated heterocycles. The molecule has 0 aromatic carbocycles. The number of aliphatic imine (C=N–C) groups is 1. The highest BCUT2D eigenvalue weighted by atomic mass is 32.2. The quantitative estimate of drug-likeness (QED) is 0.745. The molecule has 1 fully saturated rings. The van der Waals surface area contributed by atoms with E-state index in [4.69, 9.17) is 4.99 Å². The molecule has 3 heterocycles. The highest BCUT2D eigenvalue weighted by Crippen LogP contribution is 2.39. The van der Waals surface area contributed by atoms with Gasteiger partial charge in [-0.3, -0.25) is 9.98 Å². The molecule has 3 nitrogen and oxygen atoms in total. The highest BCUT2D eigenvalue weighted by Gasteiger charge is 2.39. The van der Waals surface area contributed by atoms with Crippen molar-refractivity contribution in [2.75, 3.05) is 6.54 Å². The summed E-state index contributed by atoms with van der Waals surface area (Å²) in [6.45, 7) is 5.62. The van der Waals surface area contributed by atoms with Crippen molar-refractivity contribution in [3.8, 4) is 0 Å². The lowest BCUT2D eigenvalue weighted by molar-refractivity contribution is 0.336. The molecule has 1 aromatic rings. The maximum Gasteiger partial charge on any atom is 0.160 e. The summed E-state index contributed by atoms with van der Waals surface area (Å²) in [5, 5.41) is 1.88. The Hall–Kier alpha value is -1.03. The zero-order chi connectivity index (χ0) is 11.1. The van der Waals surface area contributed by atoms with Gasteiger partial charge in [-0.25, -0.2) is 0 Å². The average molecular weight is 233 g/mol. The summed E-state index contributed by atoms with van der Waals surface area (Å²) in [7, 11) is 0. The summed E-state index contributed by atoms with van der Waals surface area (Å²) in [6.07, 6.45) is 1.85. The van der Waals surface area contributed by atoms with E-state index in [2.05, 4.69) is 29.8 Å². The molecular weight excluding hydrogens is 218 g/mol. The van der Waals surface area contributed by atoms with Gasteiger partial charge >= 0.3 is 0 Å². The predicted octanol–water partition coefficient (Wildman–Crippen LogP) is 2.32. The summed E-state index contributed by atoms with van der Waals surface area (Å²) < 4.78 is 0. The SMILES string of the molecule is C[C@@H]1CN2C(=N[C@@H](c3ccccn3)[C@H]2C)S1. The Bertz CT molecular complexity index is 418. The number of amidine groups is 1. The molecule has 0 saturated carbocycles. The van der Waals surface area contributed by atoms with Gasteiger partial charge in [-0.15, -0.1) is 0 Å². The second-order valence-electron chi connectivity index (χ2n) is 4.43. The van der Waals surface area contributed by atoms with Crippen molar-refractivity contribution < 1.29 is 0 Å². The Morgan fingerprint density at radius 1 is 1.38 bits per heavy atom. The van der Waals surface area contributed by atoms with E-state index in [1.54, 1.807) is 0 Å². The molecule has 0 bridgehead atoms. The molecule has 1 aromatic heterocycles. The molecule has 0 amide bonds. The third-order valence-electron chi connectivity index (χ3n) is 3.19. The van der Waals surface area contributed by atoms with E-state index in [-0.39, 0.29) is 6.04 Å². The molecule has 3 rings (SSSR count). The number of hydrogen-bond acceptors (Lipinski definition) is 4. The first-order valence-electron chi connectivity index (χ1n) is 5.68. The lowest BCUT2D eigenvalue weighted by Crippen LogP contribution is -2.32. The molecule has 0 unspecified atom stereocenters.